The molecular weight excluding hydrogens is 197 g/mol. The number of carbonyl (C=O) groups excluding carboxylic acids is 1. The highest BCUT2D eigenvalue weighted by molar-refractivity contribution is 5.76. The minimum absolute atomic E-state index is 0.0997. The third kappa shape index (κ3) is 2.99. The van der Waals surface area contributed by atoms with Crippen molar-refractivity contribution in [1.29, 1.82) is 0 Å². The maximum Gasteiger partial charge on any atom is 0.229 e. The molecular formula is C11H10FNO2. The Bertz CT molecular complexity index is 432. The summed E-state index contributed by atoms with van der Waals surface area (Å²) in [6, 6.07) is 4.39. The van der Waals surface area contributed by atoms with Gasteiger partial charge in [-0.2, -0.15) is 0 Å². The molecule has 0 radical (unpaired) electrons. The second kappa shape index (κ2) is 5.01. The molecule has 15 heavy (non-hydrogen) atoms. The number of carbonyl (C=O) groups is 1. The van der Waals surface area contributed by atoms with Crippen molar-refractivity contribution in [2.45, 2.75) is 6.42 Å². The van der Waals surface area contributed by atoms with Gasteiger partial charge in [0.15, 0.2) is 0 Å². The molecule has 1 aromatic carbocycles. The minimum Gasteiger partial charge on any atom is -0.495 e. The van der Waals surface area contributed by atoms with Crippen LogP contribution in [0.1, 0.15) is 12.0 Å². The van der Waals surface area contributed by atoms with Crippen LogP contribution >= 0.6 is 0 Å². The van der Waals surface area contributed by atoms with Crippen molar-refractivity contribution in [3.05, 3.63) is 29.6 Å². The summed E-state index contributed by atoms with van der Waals surface area (Å²) in [5.74, 6) is 4.30. The Kier molecular flexibility index (Phi) is 3.69. The smallest absolute Gasteiger partial charge is 0.229 e. The van der Waals surface area contributed by atoms with Gasteiger partial charge < -0.3 is 10.5 Å². The van der Waals surface area contributed by atoms with E-state index >= 15 is 0 Å². The van der Waals surface area contributed by atoms with Gasteiger partial charge in [-0.3, -0.25) is 4.79 Å². The van der Waals surface area contributed by atoms with Crippen LogP contribution in [0.5, 0.6) is 5.75 Å². The normalized spacial score (nSPS) is 8.93. The first-order valence-electron chi connectivity index (χ1n) is 4.25. The molecule has 0 atom stereocenters. The predicted molar refractivity (Wildman–Crippen MR) is 53.6 cm³/mol. The molecule has 1 rings (SSSR count). The first kappa shape index (κ1) is 11.1. The van der Waals surface area contributed by atoms with Gasteiger partial charge in [-0.15, -0.1) is 0 Å². The highest BCUT2D eigenvalue weighted by atomic mass is 19.1. The van der Waals surface area contributed by atoms with Gasteiger partial charge in [-0.1, -0.05) is 17.9 Å². The summed E-state index contributed by atoms with van der Waals surface area (Å²) in [4.78, 5) is 10.4. The molecule has 2 N–H and O–H groups in total. The van der Waals surface area contributed by atoms with E-state index in [0.29, 0.717) is 5.75 Å². The van der Waals surface area contributed by atoms with Crippen molar-refractivity contribution in [2.24, 2.45) is 5.73 Å². The summed E-state index contributed by atoms with van der Waals surface area (Å²) in [6.07, 6.45) is -0.0997. The summed E-state index contributed by atoms with van der Waals surface area (Å²) in [5, 5.41) is 0. The molecule has 0 saturated carbocycles. The molecule has 1 aromatic rings. The Morgan fingerprint density at radius 1 is 1.60 bits per heavy atom. The minimum atomic E-state index is -0.544. The number of halogens is 1. The van der Waals surface area contributed by atoms with Crippen molar-refractivity contribution >= 4 is 5.91 Å². The topological polar surface area (TPSA) is 52.3 Å². The molecule has 0 aromatic heterocycles. The molecule has 0 heterocycles. The van der Waals surface area contributed by atoms with Crippen molar-refractivity contribution in [2.75, 3.05) is 7.11 Å². The Morgan fingerprint density at radius 3 is 2.93 bits per heavy atom. The summed E-state index contributed by atoms with van der Waals surface area (Å²) in [6.45, 7) is 0. The molecule has 0 fully saturated rings. The lowest BCUT2D eigenvalue weighted by Gasteiger charge is -2.02. The number of methoxy groups -OCH3 is 1. The fraction of sp³-hybridized carbons (Fsp3) is 0.182. The van der Waals surface area contributed by atoms with Crippen LogP contribution in [0.2, 0.25) is 0 Å². The van der Waals surface area contributed by atoms with Gasteiger partial charge in [-0.25, -0.2) is 4.39 Å². The molecule has 0 saturated heterocycles. The SMILES string of the molecule is COc1cccc(F)c1C#CCC(N)=O. The number of nitrogens with two attached hydrogens (primary N) is 1. The zero-order valence-corrected chi connectivity index (χ0v) is 8.21. The Hall–Kier alpha value is -2.02. The van der Waals surface area contributed by atoms with E-state index in [1.807, 2.05) is 0 Å². The van der Waals surface area contributed by atoms with Gasteiger partial charge in [0.05, 0.1) is 13.5 Å². The molecule has 78 valence electrons. The van der Waals surface area contributed by atoms with Gasteiger partial charge in [0.1, 0.15) is 17.1 Å². The molecule has 0 aliphatic heterocycles. The van der Waals surface area contributed by atoms with E-state index < -0.39 is 11.7 Å². The third-order valence-corrected chi connectivity index (χ3v) is 1.67. The number of hydrogen-bond donors (Lipinski definition) is 1. The van der Waals surface area contributed by atoms with E-state index in [-0.39, 0.29) is 12.0 Å². The van der Waals surface area contributed by atoms with E-state index in [4.69, 9.17) is 10.5 Å². The molecule has 4 heteroatoms. The van der Waals surface area contributed by atoms with E-state index in [1.54, 1.807) is 6.07 Å². The molecule has 0 aliphatic carbocycles. The summed E-state index contributed by atoms with van der Waals surface area (Å²) in [7, 11) is 1.42. The monoisotopic (exact) mass is 207 g/mol. The molecule has 3 nitrogen and oxygen atoms in total. The quantitative estimate of drug-likeness (QED) is 0.737. The number of benzene rings is 1. The number of primary amides is 1. The summed E-state index contributed by atoms with van der Waals surface area (Å²) < 4.78 is 18.2. The number of amides is 1. The average molecular weight is 207 g/mol. The second-order valence-electron chi connectivity index (χ2n) is 2.76. The van der Waals surface area contributed by atoms with Gasteiger partial charge in [0, 0.05) is 0 Å². The fourth-order valence-electron chi connectivity index (χ4n) is 1.02. The Labute approximate surface area is 87.0 Å². The molecule has 0 aliphatic rings. The lowest BCUT2D eigenvalue weighted by atomic mass is 10.2. The van der Waals surface area contributed by atoms with Crippen molar-refractivity contribution in [1.82, 2.24) is 0 Å². The Morgan fingerprint density at radius 2 is 2.33 bits per heavy atom. The van der Waals surface area contributed by atoms with Gasteiger partial charge in [0.25, 0.3) is 0 Å². The maximum atomic E-state index is 13.3. The second-order valence-corrected chi connectivity index (χ2v) is 2.76. The molecule has 0 spiro atoms. The number of rotatable bonds is 2. The van der Waals surface area contributed by atoms with Crippen LogP contribution in [-0.2, 0) is 4.79 Å². The van der Waals surface area contributed by atoms with E-state index in [0.717, 1.165) is 0 Å². The first-order valence-corrected chi connectivity index (χ1v) is 4.25. The molecule has 0 bridgehead atoms. The van der Waals surface area contributed by atoms with Gasteiger partial charge in [-0.05, 0) is 12.1 Å². The lowest BCUT2D eigenvalue weighted by Crippen LogP contribution is -2.08. The Balaban J connectivity index is 3.00. The van der Waals surface area contributed by atoms with Crippen LogP contribution in [0.4, 0.5) is 4.39 Å². The predicted octanol–water partition coefficient (Wildman–Crippen LogP) is 1.06. The number of ether oxygens (including phenoxy) is 1. The fourth-order valence-corrected chi connectivity index (χ4v) is 1.02. The standard InChI is InChI=1S/C11H10FNO2/c1-15-10-6-3-5-9(12)8(10)4-2-7-11(13)14/h3,5-6H,7H2,1H3,(H2,13,14). The van der Waals surface area contributed by atoms with Crippen LogP contribution in [0.15, 0.2) is 18.2 Å². The molecule has 0 unspecified atom stereocenters. The van der Waals surface area contributed by atoms with Crippen molar-refractivity contribution < 1.29 is 13.9 Å². The highest BCUT2D eigenvalue weighted by Gasteiger charge is 2.05. The van der Waals surface area contributed by atoms with Crippen molar-refractivity contribution in [3.63, 3.8) is 0 Å². The summed E-state index contributed by atoms with van der Waals surface area (Å²) >= 11 is 0. The zero-order chi connectivity index (χ0) is 11.3. The lowest BCUT2D eigenvalue weighted by molar-refractivity contribution is -0.117. The van der Waals surface area contributed by atoms with Crippen LogP contribution in [0.25, 0.3) is 0 Å². The van der Waals surface area contributed by atoms with Crippen molar-refractivity contribution in [3.8, 4) is 17.6 Å². The van der Waals surface area contributed by atoms with Crippen LogP contribution in [0, 0.1) is 17.7 Å². The largest absolute Gasteiger partial charge is 0.495 e. The van der Waals surface area contributed by atoms with E-state index in [9.17, 15) is 9.18 Å². The number of hydrogen-bond acceptors (Lipinski definition) is 2. The van der Waals surface area contributed by atoms with E-state index in [2.05, 4.69) is 11.8 Å². The van der Waals surface area contributed by atoms with Gasteiger partial charge >= 0.3 is 0 Å². The van der Waals surface area contributed by atoms with Crippen LogP contribution in [-0.4, -0.2) is 13.0 Å². The zero-order valence-electron chi connectivity index (χ0n) is 8.21. The van der Waals surface area contributed by atoms with Gasteiger partial charge in [0.2, 0.25) is 5.91 Å². The first-order chi connectivity index (χ1) is 7.15. The summed E-state index contributed by atoms with van der Waals surface area (Å²) in [5.41, 5.74) is 5.04. The maximum absolute atomic E-state index is 13.3. The average Bonchev–Trinajstić information content (AvgIpc) is 2.20. The highest BCUT2D eigenvalue weighted by Crippen LogP contribution is 2.19. The molecule has 1 amide bonds. The third-order valence-electron chi connectivity index (χ3n) is 1.67. The van der Waals surface area contributed by atoms with E-state index in [1.165, 1.54) is 19.2 Å². The van der Waals surface area contributed by atoms with Crippen LogP contribution in [0.3, 0.4) is 0 Å². The van der Waals surface area contributed by atoms with Crippen LogP contribution < -0.4 is 10.5 Å².